The predicted octanol–water partition coefficient (Wildman–Crippen LogP) is 1.63. The lowest BCUT2D eigenvalue weighted by Crippen LogP contribution is -2.47. The van der Waals surface area contributed by atoms with E-state index in [9.17, 15) is 10.2 Å². The number of aliphatic hydroxyl groups is 2. The van der Waals surface area contributed by atoms with E-state index in [1.807, 2.05) is 0 Å². The molecule has 0 bridgehead atoms. The van der Waals surface area contributed by atoms with Crippen LogP contribution < -0.4 is 0 Å². The third-order valence-electron chi connectivity index (χ3n) is 4.63. The van der Waals surface area contributed by atoms with Gasteiger partial charge in [0.25, 0.3) is 0 Å². The molecule has 0 aromatic carbocycles. The molecule has 100 valence electrons. The zero-order chi connectivity index (χ0) is 12.3. The van der Waals surface area contributed by atoms with Crippen molar-refractivity contribution in [2.24, 2.45) is 11.8 Å². The van der Waals surface area contributed by atoms with Crippen LogP contribution >= 0.6 is 0 Å². The molecule has 1 saturated carbocycles. The van der Waals surface area contributed by atoms with Gasteiger partial charge in [-0.05, 0) is 50.5 Å². The van der Waals surface area contributed by atoms with Gasteiger partial charge in [0.15, 0.2) is 0 Å². The molecule has 0 aromatic heterocycles. The van der Waals surface area contributed by atoms with Crippen LogP contribution in [0.25, 0.3) is 0 Å². The molecule has 0 spiro atoms. The van der Waals surface area contributed by atoms with Gasteiger partial charge in [-0.1, -0.05) is 13.3 Å². The summed E-state index contributed by atoms with van der Waals surface area (Å²) in [5.41, 5.74) is 0. The zero-order valence-corrected chi connectivity index (χ0v) is 11.0. The fourth-order valence-electron chi connectivity index (χ4n) is 3.49. The quantitative estimate of drug-likeness (QED) is 0.789. The molecule has 0 radical (unpaired) electrons. The first-order chi connectivity index (χ1) is 8.20. The minimum absolute atomic E-state index is 0.118. The van der Waals surface area contributed by atoms with Gasteiger partial charge in [-0.15, -0.1) is 0 Å². The second-order valence-corrected chi connectivity index (χ2v) is 6.07. The minimum atomic E-state index is -0.118. The van der Waals surface area contributed by atoms with Crippen LogP contribution in [0.2, 0.25) is 0 Å². The zero-order valence-electron chi connectivity index (χ0n) is 11.0. The molecule has 2 fully saturated rings. The lowest BCUT2D eigenvalue weighted by atomic mass is 9.79. The number of nitrogens with zero attached hydrogens (tertiary/aromatic N) is 1. The Hall–Kier alpha value is -0.120. The Morgan fingerprint density at radius 1 is 1.18 bits per heavy atom. The van der Waals surface area contributed by atoms with E-state index >= 15 is 0 Å². The van der Waals surface area contributed by atoms with E-state index in [1.54, 1.807) is 0 Å². The van der Waals surface area contributed by atoms with E-state index in [4.69, 9.17) is 0 Å². The number of hydrogen-bond donors (Lipinski definition) is 2. The SMILES string of the molecule is CC1CCC(O)C(CN2CCCCC2CO)C1. The largest absolute Gasteiger partial charge is 0.395 e. The lowest BCUT2D eigenvalue weighted by molar-refractivity contribution is 0.00479. The molecule has 1 aliphatic heterocycles. The molecule has 1 saturated heterocycles. The van der Waals surface area contributed by atoms with E-state index in [2.05, 4.69) is 11.8 Å². The summed E-state index contributed by atoms with van der Waals surface area (Å²) >= 11 is 0. The maximum atomic E-state index is 10.1. The van der Waals surface area contributed by atoms with Gasteiger partial charge in [0.05, 0.1) is 12.7 Å². The molecule has 2 N–H and O–H groups in total. The van der Waals surface area contributed by atoms with Crippen LogP contribution in [-0.4, -0.2) is 47.0 Å². The highest BCUT2D eigenvalue weighted by Crippen LogP contribution is 2.31. The summed E-state index contributed by atoms with van der Waals surface area (Å²) in [6.45, 7) is 4.65. The first-order valence-electron chi connectivity index (χ1n) is 7.23. The number of piperidine rings is 1. The Kier molecular flexibility index (Phi) is 4.83. The first-order valence-corrected chi connectivity index (χ1v) is 7.23. The molecule has 1 heterocycles. The first kappa shape index (κ1) is 13.3. The normalized spacial score (nSPS) is 40.4. The van der Waals surface area contributed by atoms with Crippen molar-refractivity contribution in [2.75, 3.05) is 19.7 Å². The number of rotatable bonds is 3. The van der Waals surface area contributed by atoms with Crippen molar-refractivity contribution in [3.8, 4) is 0 Å². The average Bonchev–Trinajstić information content (AvgIpc) is 2.34. The van der Waals surface area contributed by atoms with Crippen molar-refractivity contribution in [3.63, 3.8) is 0 Å². The highest BCUT2D eigenvalue weighted by atomic mass is 16.3. The number of likely N-dealkylation sites (tertiary alicyclic amines) is 1. The highest BCUT2D eigenvalue weighted by molar-refractivity contribution is 4.84. The topological polar surface area (TPSA) is 43.7 Å². The van der Waals surface area contributed by atoms with Crippen molar-refractivity contribution >= 4 is 0 Å². The molecular formula is C14H27NO2. The molecule has 0 aromatic rings. The highest BCUT2D eigenvalue weighted by Gasteiger charge is 2.31. The Morgan fingerprint density at radius 3 is 2.76 bits per heavy atom. The van der Waals surface area contributed by atoms with Crippen molar-refractivity contribution < 1.29 is 10.2 Å². The van der Waals surface area contributed by atoms with Gasteiger partial charge < -0.3 is 10.2 Å². The van der Waals surface area contributed by atoms with E-state index in [1.165, 1.54) is 19.3 Å². The molecule has 0 amide bonds. The van der Waals surface area contributed by atoms with Crippen molar-refractivity contribution in [3.05, 3.63) is 0 Å². The Labute approximate surface area is 105 Å². The molecule has 2 aliphatic rings. The summed E-state index contributed by atoms with van der Waals surface area (Å²) in [7, 11) is 0. The van der Waals surface area contributed by atoms with Crippen LogP contribution in [0.1, 0.15) is 45.4 Å². The van der Waals surface area contributed by atoms with Gasteiger partial charge in [0.1, 0.15) is 0 Å². The lowest BCUT2D eigenvalue weighted by Gasteiger charge is -2.40. The summed E-state index contributed by atoms with van der Waals surface area (Å²) in [5.74, 6) is 1.17. The second-order valence-electron chi connectivity index (χ2n) is 6.07. The Bertz CT molecular complexity index is 234. The Balaban J connectivity index is 1.89. The van der Waals surface area contributed by atoms with Gasteiger partial charge in [0.2, 0.25) is 0 Å². The maximum Gasteiger partial charge on any atom is 0.0586 e. The van der Waals surface area contributed by atoms with Gasteiger partial charge in [-0.2, -0.15) is 0 Å². The molecule has 4 unspecified atom stereocenters. The molecule has 17 heavy (non-hydrogen) atoms. The third kappa shape index (κ3) is 3.43. The number of aliphatic hydroxyl groups excluding tert-OH is 2. The molecule has 2 rings (SSSR count). The second kappa shape index (κ2) is 6.17. The van der Waals surface area contributed by atoms with Crippen LogP contribution in [0.5, 0.6) is 0 Å². The fraction of sp³-hybridized carbons (Fsp3) is 1.00. The summed E-state index contributed by atoms with van der Waals surface area (Å²) in [6.07, 6.45) is 6.77. The monoisotopic (exact) mass is 241 g/mol. The van der Waals surface area contributed by atoms with Crippen LogP contribution in [0.15, 0.2) is 0 Å². The minimum Gasteiger partial charge on any atom is -0.395 e. The van der Waals surface area contributed by atoms with Crippen LogP contribution in [-0.2, 0) is 0 Å². The van der Waals surface area contributed by atoms with Crippen LogP contribution in [0.4, 0.5) is 0 Å². The average molecular weight is 241 g/mol. The maximum absolute atomic E-state index is 10.1. The van der Waals surface area contributed by atoms with Gasteiger partial charge in [-0.25, -0.2) is 0 Å². The Morgan fingerprint density at radius 2 is 2.00 bits per heavy atom. The smallest absolute Gasteiger partial charge is 0.0586 e. The standard InChI is InChI=1S/C14H27NO2/c1-11-5-6-14(17)12(8-11)9-15-7-3-2-4-13(15)10-16/h11-14,16-17H,2-10H2,1H3. The van der Waals surface area contributed by atoms with Crippen molar-refractivity contribution in [2.45, 2.75) is 57.6 Å². The van der Waals surface area contributed by atoms with Crippen LogP contribution in [0.3, 0.4) is 0 Å². The van der Waals surface area contributed by atoms with Gasteiger partial charge in [0, 0.05) is 12.6 Å². The fourth-order valence-corrected chi connectivity index (χ4v) is 3.49. The van der Waals surface area contributed by atoms with Crippen molar-refractivity contribution in [1.29, 1.82) is 0 Å². The molecule has 4 atom stereocenters. The molecule has 3 nitrogen and oxygen atoms in total. The summed E-state index contributed by atoms with van der Waals surface area (Å²) in [4.78, 5) is 2.41. The van der Waals surface area contributed by atoms with E-state index in [-0.39, 0.29) is 12.7 Å². The molecule has 1 aliphatic carbocycles. The van der Waals surface area contributed by atoms with E-state index in [0.29, 0.717) is 12.0 Å². The van der Waals surface area contributed by atoms with E-state index in [0.717, 1.165) is 38.3 Å². The van der Waals surface area contributed by atoms with Gasteiger partial charge >= 0.3 is 0 Å². The molecule has 3 heteroatoms. The third-order valence-corrected chi connectivity index (χ3v) is 4.63. The van der Waals surface area contributed by atoms with Crippen LogP contribution in [0, 0.1) is 11.8 Å². The predicted molar refractivity (Wildman–Crippen MR) is 68.8 cm³/mol. The summed E-state index contributed by atoms with van der Waals surface area (Å²) < 4.78 is 0. The van der Waals surface area contributed by atoms with E-state index < -0.39 is 0 Å². The summed E-state index contributed by atoms with van der Waals surface area (Å²) in [6, 6.07) is 0.341. The summed E-state index contributed by atoms with van der Waals surface area (Å²) in [5, 5.41) is 19.5. The van der Waals surface area contributed by atoms with Crippen molar-refractivity contribution in [1.82, 2.24) is 4.90 Å². The molecular weight excluding hydrogens is 214 g/mol. The number of hydrogen-bond acceptors (Lipinski definition) is 3. The van der Waals surface area contributed by atoms with Gasteiger partial charge in [-0.3, -0.25) is 4.90 Å².